The van der Waals surface area contributed by atoms with Gasteiger partial charge in [-0.15, -0.1) is 0 Å². The van der Waals surface area contributed by atoms with Gasteiger partial charge in [0.05, 0.1) is 19.8 Å². The fraction of sp³-hybridized carbons (Fsp3) is 1.00. The van der Waals surface area contributed by atoms with Crippen LogP contribution in [-0.2, 0) is 18.9 Å². The largest absolute Gasteiger partial charge is 0.353 e. The van der Waals surface area contributed by atoms with Gasteiger partial charge in [0, 0.05) is 13.0 Å². The van der Waals surface area contributed by atoms with Crippen LogP contribution in [0.1, 0.15) is 132 Å². The molecule has 33 heavy (non-hydrogen) atoms. The molecule has 0 aromatic carbocycles. The molecule has 0 aliphatic rings. The van der Waals surface area contributed by atoms with Gasteiger partial charge >= 0.3 is 0 Å². The zero-order chi connectivity index (χ0) is 24.7. The summed E-state index contributed by atoms with van der Waals surface area (Å²) in [4.78, 5) is 0. The van der Waals surface area contributed by atoms with E-state index >= 15 is 0 Å². The molecule has 0 rings (SSSR count). The summed E-state index contributed by atoms with van der Waals surface area (Å²) in [5.41, 5.74) is 0. The molecule has 0 aromatic heterocycles. The van der Waals surface area contributed by atoms with E-state index in [0.29, 0.717) is 30.8 Å². The molecule has 0 radical (unpaired) electrons. The molecule has 0 saturated heterocycles. The van der Waals surface area contributed by atoms with Crippen molar-refractivity contribution in [3.05, 3.63) is 0 Å². The van der Waals surface area contributed by atoms with Crippen molar-refractivity contribution in [3.8, 4) is 0 Å². The van der Waals surface area contributed by atoms with Crippen molar-refractivity contribution in [2.24, 2.45) is 17.8 Å². The molecule has 0 spiro atoms. The Morgan fingerprint density at radius 1 is 0.455 bits per heavy atom. The van der Waals surface area contributed by atoms with Gasteiger partial charge in [0.25, 0.3) is 0 Å². The molecule has 0 N–H and O–H groups in total. The summed E-state index contributed by atoms with van der Waals surface area (Å²) >= 11 is 0. The molecule has 0 fully saturated rings. The first kappa shape index (κ1) is 32.8. The molecule has 4 nitrogen and oxygen atoms in total. The molecule has 0 aromatic rings. The van der Waals surface area contributed by atoms with Crippen molar-refractivity contribution in [2.45, 2.75) is 145 Å². The smallest absolute Gasteiger partial charge is 0.162 e. The van der Waals surface area contributed by atoms with E-state index in [1.54, 1.807) is 0 Å². The fourth-order valence-electron chi connectivity index (χ4n) is 4.14. The zero-order valence-corrected chi connectivity index (χ0v) is 23.5. The number of unbranched alkanes of at least 4 members (excludes halogenated alkanes) is 3. The standard InChI is InChI=1S/C29H60O4/c1-8-15-18-25(11-4)22-31-28(30-14-7)21-29(32-23-26(12-5)19-16-9-2)33-24-27(13-6)20-17-10-3/h25-29H,8-24H2,1-7H3. The highest BCUT2D eigenvalue weighted by atomic mass is 16.7. The van der Waals surface area contributed by atoms with Gasteiger partial charge in [0.1, 0.15) is 0 Å². The van der Waals surface area contributed by atoms with Crippen LogP contribution < -0.4 is 0 Å². The third kappa shape index (κ3) is 17.9. The highest BCUT2D eigenvalue weighted by Crippen LogP contribution is 2.21. The van der Waals surface area contributed by atoms with Gasteiger partial charge in [-0.1, -0.05) is 99.3 Å². The second kappa shape index (κ2) is 23.6. The van der Waals surface area contributed by atoms with Crippen LogP contribution in [0.3, 0.4) is 0 Å². The SMILES string of the molecule is CCCCC(CC)COC(CC(OCC(CC)CCCC)OCC(CC)CCCC)OCC. The molecule has 0 saturated carbocycles. The molecule has 0 aliphatic carbocycles. The van der Waals surface area contributed by atoms with Crippen molar-refractivity contribution in [2.75, 3.05) is 26.4 Å². The maximum Gasteiger partial charge on any atom is 0.162 e. The quantitative estimate of drug-likeness (QED) is 0.124. The van der Waals surface area contributed by atoms with Gasteiger partial charge in [-0.25, -0.2) is 0 Å². The zero-order valence-electron chi connectivity index (χ0n) is 23.5. The molecule has 4 heteroatoms. The Morgan fingerprint density at radius 3 is 1.06 bits per heavy atom. The Morgan fingerprint density at radius 2 is 0.788 bits per heavy atom. The average molecular weight is 473 g/mol. The van der Waals surface area contributed by atoms with E-state index in [-0.39, 0.29) is 12.6 Å². The Bertz CT molecular complexity index is 370. The van der Waals surface area contributed by atoms with Crippen LogP contribution in [0.4, 0.5) is 0 Å². The first-order valence-corrected chi connectivity index (χ1v) is 14.5. The summed E-state index contributed by atoms with van der Waals surface area (Å²) in [5, 5.41) is 0. The van der Waals surface area contributed by atoms with Gasteiger partial charge in [-0.05, 0) is 43.9 Å². The average Bonchev–Trinajstić information content (AvgIpc) is 2.83. The van der Waals surface area contributed by atoms with Gasteiger partial charge in [0.2, 0.25) is 0 Å². The van der Waals surface area contributed by atoms with E-state index in [4.69, 9.17) is 18.9 Å². The van der Waals surface area contributed by atoms with E-state index in [1.807, 2.05) is 6.92 Å². The highest BCUT2D eigenvalue weighted by molar-refractivity contribution is 4.63. The van der Waals surface area contributed by atoms with Crippen LogP contribution in [0.15, 0.2) is 0 Å². The van der Waals surface area contributed by atoms with E-state index < -0.39 is 0 Å². The highest BCUT2D eigenvalue weighted by Gasteiger charge is 2.22. The van der Waals surface area contributed by atoms with Gasteiger partial charge < -0.3 is 18.9 Å². The molecular weight excluding hydrogens is 412 g/mol. The van der Waals surface area contributed by atoms with Gasteiger partial charge in [-0.2, -0.15) is 0 Å². The lowest BCUT2D eigenvalue weighted by Crippen LogP contribution is -2.31. The number of hydrogen-bond acceptors (Lipinski definition) is 4. The van der Waals surface area contributed by atoms with Crippen LogP contribution in [-0.4, -0.2) is 39.0 Å². The minimum Gasteiger partial charge on any atom is -0.353 e. The number of rotatable bonds is 25. The summed E-state index contributed by atoms with van der Waals surface area (Å²) in [6, 6.07) is 0. The monoisotopic (exact) mass is 472 g/mol. The third-order valence-electron chi connectivity index (χ3n) is 6.92. The van der Waals surface area contributed by atoms with Crippen molar-refractivity contribution < 1.29 is 18.9 Å². The van der Waals surface area contributed by atoms with E-state index in [9.17, 15) is 0 Å². The third-order valence-corrected chi connectivity index (χ3v) is 6.92. The lowest BCUT2D eigenvalue weighted by molar-refractivity contribution is -0.221. The van der Waals surface area contributed by atoms with Crippen LogP contribution in [0.5, 0.6) is 0 Å². The maximum atomic E-state index is 6.38. The summed E-state index contributed by atoms with van der Waals surface area (Å²) in [7, 11) is 0. The Kier molecular flexibility index (Phi) is 23.5. The molecule has 0 bridgehead atoms. The Balaban J connectivity index is 5.00. The predicted molar refractivity (Wildman–Crippen MR) is 142 cm³/mol. The normalized spacial score (nSPS) is 16.5. The topological polar surface area (TPSA) is 36.9 Å². The van der Waals surface area contributed by atoms with Crippen LogP contribution in [0.25, 0.3) is 0 Å². The molecule has 4 unspecified atom stereocenters. The summed E-state index contributed by atoms with van der Waals surface area (Å²) in [5.74, 6) is 1.80. The van der Waals surface area contributed by atoms with Crippen molar-refractivity contribution >= 4 is 0 Å². The van der Waals surface area contributed by atoms with Gasteiger partial charge in [-0.3, -0.25) is 0 Å². The van der Waals surface area contributed by atoms with Crippen molar-refractivity contribution in [3.63, 3.8) is 0 Å². The van der Waals surface area contributed by atoms with E-state index in [1.165, 1.54) is 57.8 Å². The second-order valence-electron chi connectivity index (χ2n) is 9.80. The number of hydrogen-bond donors (Lipinski definition) is 0. The second-order valence-corrected chi connectivity index (χ2v) is 9.80. The Hall–Kier alpha value is -0.160. The molecule has 0 heterocycles. The molecule has 200 valence electrons. The van der Waals surface area contributed by atoms with Crippen molar-refractivity contribution in [1.82, 2.24) is 0 Å². The van der Waals surface area contributed by atoms with Gasteiger partial charge in [0.15, 0.2) is 12.6 Å². The first-order valence-electron chi connectivity index (χ1n) is 14.5. The maximum absolute atomic E-state index is 6.38. The molecule has 0 amide bonds. The van der Waals surface area contributed by atoms with Crippen LogP contribution in [0, 0.1) is 17.8 Å². The fourth-order valence-corrected chi connectivity index (χ4v) is 4.14. The lowest BCUT2D eigenvalue weighted by atomic mass is 10.0. The molecule has 4 atom stereocenters. The molecule has 0 aliphatic heterocycles. The van der Waals surface area contributed by atoms with Crippen LogP contribution in [0.2, 0.25) is 0 Å². The minimum absolute atomic E-state index is 0.261. The first-order chi connectivity index (χ1) is 16.1. The number of ether oxygens (including phenoxy) is 4. The minimum atomic E-state index is -0.262. The Labute approximate surface area is 207 Å². The summed E-state index contributed by atoms with van der Waals surface area (Å²) in [6.07, 6.45) is 14.8. The lowest BCUT2D eigenvalue weighted by Gasteiger charge is -2.28. The summed E-state index contributed by atoms with van der Waals surface area (Å²) < 4.78 is 25.0. The summed E-state index contributed by atoms with van der Waals surface area (Å²) in [6.45, 7) is 18.5. The van der Waals surface area contributed by atoms with Crippen LogP contribution >= 0.6 is 0 Å². The predicted octanol–water partition coefficient (Wildman–Crippen LogP) is 8.76. The van der Waals surface area contributed by atoms with E-state index in [2.05, 4.69) is 41.5 Å². The van der Waals surface area contributed by atoms with Crippen molar-refractivity contribution in [1.29, 1.82) is 0 Å². The van der Waals surface area contributed by atoms with E-state index in [0.717, 1.165) is 39.1 Å². The molecular formula is C29H60O4.